The van der Waals surface area contributed by atoms with Gasteiger partial charge in [0.25, 0.3) is 5.91 Å². The Morgan fingerprint density at radius 3 is 2.79 bits per heavy atom. The number of hydrogen-bond donors (Lipinski definition) is 1. The molecule has 1 aromatic heterocycles. The molecule has 0 atom stereocenters. The van der Waals surface area contributed by atoms with Crippen LogP contribution in [0.5, 0.6) is 5.75 Å². The van der Waals surface area contributed by atoms with Gasteiger partial charge in [0, 0.05) is 25.7 Å². The van der Waals surface area contributed by atoms with Crippen molar-refractivity contribution < 1.29 is 9.53 Å². The van der Waals surface area contributed by atoms with Crippen LogP contribution in [0.15, 0.2) is 42.6 Å². The molecular formula is C23H28N4O2. The van der Waals surface area contributed by atoms with E-state index >= 15 is 0 Å². The summed E-state index contributed by atoms with van der Waals surface area (Å²) in [6.45, 7) is 4.60. The average molecular weight is 393 g/mol. The van der Waals surface area contributed by atoms with Crippen LogP contribution in [0.4, 0.5) is 0 Å². The van der Waals surface area contributed by atoms with Gasteiger partial charge in [-0.25, -0.2) is 0 Å². The molecule has 4 rings (SSSR count). The average Bonchev–Trinajstić information content (AvgIpc) is 3.23. The maximum Gasteiger partial charge on any atom is 0.256 e. The topological polar surface area (TPSA) is 61.5 Å². The van der Waals surface area contributed by atoms with E-state index in [0.717, 1.165) is 49.1 Å². The van der Waals surface area contributed by atoms with Crippen molar-refractivity contribution in [1.29, 1.82) is 0 Å². The van der Waals surface area contributed by atoms with Crippen molar-refractivity contribution in [2.24, 2.45) is 0 Å². The lowest BCUT2D eigenvalue weighted by Gasteiger charge is -2.37. The first-order valence-electron chi connectivity index (χ1n) is 10.1. The highest BCUT2D eigenvalue weighted by molar-refractivity contribution is 6.06. The fourth-order valence-corrected chi connectivity index (χ4v) is 4.27. The molecule has 1 saturated heterocycles. The van der Waals surface area contributed by atoms with Gasteiger partial charge in [0.15, 0.2) is 0 Å². The lowest BCUT2D eigenvalue weighted by Crippen LogP contribution is -2.45. The van der Waals surface area contributed by atoms with Gasteiger partial charge in [-0.2, -0.15) is 5.10 Å². The van der Waals surface area contributed by atoms with E-state index in [0.29, 0.717) is 11.6 Å². The van der Waals surface area contributed by atoms with Crippen LogP contribution in [0.25, 0.3) is 10.9 Å². The highest BCUT2D eigenvalue weighted by Crippen LogP contribution is 2.28. The first kappa shape index (κ1) is 19.5. The summed E-state index contributed by atoms with van der Waals surface area (Å²) in [4.78, 5) is 17.5. The normalized spacial score (nSPS) is 15.2. The fourth-order valence-electron chi connectivity index (χ4n) is 4.27. The Morgan fingerprint density at radius 1 is 1.28 bits per heavy atom. The molecule has 1 N–H and O–H groups in total. The molecule has 1 aliphatic rings. The van der Waals surface area contributed by atoms with Crippen LogP contribution in [0, 0.1) is 6.92 Å². The Bertz CT molecular complexity index is 1010. The van der Waals surface area contributed by atoms with E-state index in [1.165, 1.54) is 11.1 Å². The predicted octanol–water partition coefficient (Wildman–Crippen LogP) is 3.62. The molecule has 0 radical (unpaired) electrons. The van der Waals surface area contributed by atoms with Crippen molar-refractivity contribution in [1.82, 2.24) is 20.0 Å². The molecule has 6 nitrogen and oxygen atoms in total. The summed E-state index contributed by atoms with van der Waals surface area (Å²) in [5.41, 5.74) is 4.03. The molecule has 152 valence electrons. The molecule has 3 aromatic rings. The smallest absolute Gasteiger partial charge is 0.256 e. The van der Waals surface area contributed by atoms with E-state index in [-0.39, 0.29) is 5.91 Å². The first-order chi connectivity index (χ1) is 14.1. The molecule has 2 heterocycles. The van der Waals surface area contributed by atoms with Crippen LogP contribution < -0.4 is 4.74 Å². The number of hydrogen-bond acceptors (Lipinski definition) is 4. The van der Waals surface area contributed by atoms with Crippen LogP contribution in [0.1, 0.15) is 34.3 Å². The van der Waals surface area contributed by atoms with Gasteiger partial charge in [-0.15, -0.1) is 0 Å². The van der Waals surface area contributed by atoms with Crippen LogP contribution in [0.3, 0.4) is 0 Å². The minimum Gasteiger partial charge on any atom is -0.496 e. The van der Waals surface area contributed by atoms with Crippen LogP contribution in [-0.4, -0.2) is 59.2 Å². The van der Waals surface area contributed by atoms with Crippen LogP contribution in [-0.2, 0) is 6.54 Å². The molecular weight excluding hydrogens is 364 g/mol. The molecule has 0 aliphatic carbocycles. The van der Waals surface area contributed by atoms with Crippen molar-refractivity contribution in [3.63, 3.8) is 0 Å². The summed E-state index contributed by atoms with van der Waals surface area (Å²) in [5, 5.41) is 7.89. The zero-order valence-electron chi connectivity index (χ0n) is 17.3. The van der Waals surface area contributed by atoms with E-state index in [1.54, 1.807) is 13.3 Å². The highest BCUT2D eigenvalue weighted by atomic mass is 16.5. The standard InChI is InChI=1S/C23H28N4O2/c1-16-5-4-6-17(13-16)15-26(2)18-9-11-27(12-10-18)23(28)19-7-8-21(29-3)20-14-24-25-22(19)20/h4-8,13-14,18H,9-12,15H2,1-3H3,(H,24,25). The number of methoxy groups -OCH3 is 1. The number of fused-ring (bicyclic) bond motifs is 1. The lowest BCUT2D eigenvalue weighted by atomic mass is 10.0. The van der Waals surface area contributed by atoms with E-state index in [2.05, 4.69) is 53.3 Å². The number of benzene rings is 2. The molecule has 1 amide bonds. The molecule has 29 heavy (non-hydrogen) atoms. The van der Waals surface area contributed by atoms with Gasteiger partial charge in [0.2, 0.25) is 0 Å². The monoisotopic (exact) mass is 392 g/mol. The number of ether oxygens (including phenoxy) is 1. The van der Waals surface area contributed by atoms with E-state index in [4.69, 9.17) is 4.74 Å². The number of carbonyl (C=O) groups excluding carboxylic acids is 1. The molecule has 0 saturated carbocycles. The fraction of sp³-hybridized carbons (Fsp3) is 0.391. The summed E-state index contributed by atoms with van der Waals surface area (Å²) in [7, 11) is 3.81. The number of rotatable bonds is 5. The number of aromatic amines is 1. The maximum absolute atomic E-state index is 13.1. The number of aryl methyl sites for hydroxylation is 1. The maximum atomic E-state index is 13.1. The number of nitrogens with one attached hydrogen (secondary N) is 1. The molecule has 0 unspecified atom stereocenters. The van der Waals surface area contributed by atoms with Crippen molar-refractivity contribution in [3.8, 4) is 5.75 Å². The first-order valence-corrected chi connectivity index (χ1v) is 10.1. The lowest BCUT2D eigenvalue weighted by molar-refractivity contribution is 0.0641. The van der Waals surface area contributed by atoms with Gasteiger partial charge in [-0.3, -0.25) is 14.8 Å². The summed E-state index contributed by atoms with van der Waals surface area (Å²) >= 11 is 0. The van der Waals surface area contributed by atoms with Crippen LogP contribution >= 0.6 is 0 Å². The Morgan fingerprint density at radius 2 is 2.07 bits per heavy atom. The summed E-state index contributed by atoms with van der Waals surface area (Å²) in [6.07, 6.45) is 3.67. The zero-order chi connectivity index (χ0) is 20.4. The third kappa shape index (κ3) is 3.98. The predicted molar refractivity (Wildman–Crippen MR) is 114 cm³/mol. The number of piperidine rings is 1. The number of likely N-dealkylation sites (tertiary alicyclic amines) is 1. The second kappa shape index (κ2) is 8.25. The molecule has 6 heteroatoms. The molecule has 1 fully saturated rings. The Kier molecular flexibility index (Phi) is 5.53. The Labute approximate surface area is 171 Å². The minimum atomic E-state index is 0.0571. The van der Waals surface area contributed by atoms with E-state index < -0.39 is 0 Å². The van der Waals surface area contributed by atoms with Crippen molar-refractivity contribution in [2.75, 3.05) is 27.2 Å². The number of carbonyl (C=O) groups is 1. The number of H-pyrrole nitrogens is 1. The quantitative estimate of drug-likeness (QED) is 0.720. The van der Waals surface area contributed by atoms with Crippen LogP contribution in [0.2, 0.25) is 0 Å². The second-order valence-corrected chi connectivity index (χ2v) is 7.90. The molecule has 0 bridgehead atoms. The molecule has 1 aliphatic heterocycles. The summed E-state index contributed by atoms with van der Waals surface area (Å²) in [6, 6.07) is 12.8. The summed E-state index contributed by atoms with van der Waals surface area (Å²) in [5.74, 6) is 0.781. The van der Waals surface area contributed by atoms with Gasteiger partial charge in [0.05, 0.1) is 29.8 Å². The summed E-state index contributed by atoms with van der Waals surface area (Å²) < 4.78 is 5.37. The number of aromatic nitrogens is 2. The SMILES string of the molecule is COc1ccc(C(=O)N2CCC(N(C)Cc3cccc(C)c3)CC2)c2[nH]ncc12. The van der Waals surface area contributed by atoms with Crippen molar-refractivity contribution in [2.45, 2.75) is 32.4 Å². The van der Waals surface area contributed by atoms with Crippen molar-refractivity contribution in [3.05, 3.63) is 59.3 Å². The number of nitrogens with zero attached hydrogens (tertiary/aromatic N) is 3. The Balaban J connectivity index is 1.41. The Hall–Kier alpha value is -2.86. The third-order valence-electron chi connectivity index (χ3n) is 5.92. The number of amides is 1. The van der Waals surface area contributed by atoms with E-state index in [9.17, 15) is 4.79 Å². The van der Waals surface area contributed by atoms with Gasteiger partial charge in [0.1, 0.15) is 5.75 Å². The largest absolute Gasteiger partial charge is 0.496 e. The highest BCUT2D eigenvalue weighted by Gasteiger charge is 2.27. The van der Waals surface area contributed by atoms with Gasteiger partial charge in [-0.1, -0.05) is 29.8 Å². The van der Waals surface area contributed by atoms with Gasteiger partial charge < -0.3 is 9.64 Å². The third-order valence-corrected chi connectivity index (χ3v) is 5.92. The zero-order valence-corrected chi connectivity index (χ0v) is 17.3. The van der Waals surface area contributed by atoms with E-state index in [1.807, 2.05) is 17.0 Å². The molecule has 2 aromatic carbocycles. The minimum absolute atomic E-state index is 0.0571. The molecule has 0 spiro atoms. The van der Waals surface area contributed by atoms with Crippen molar-refractivity contribution >= 4 is 16.8 Å². The van der Waals surface area contributed by atoms with Gasteiger partial charge in [-0.05, 0) is 44.5 Å². The van der Waals surface area contributed by atoms with Gasteiger partial charge >= 0.3 is 0 Å². The second-order valence-electron chi connectivity index (χ2n) is 7.90.